The third-order valence-electron chi connectivity index (χ3n) is 30.0. The van der Waals surface area contributed by atoms with Gasteiger partial charge in [0.05, 0.1) is 53.4 Å². The van der Waals surface area contributed by atoms with Crippen molar-refractivity contribution in [2.45, 2.75) is 269 Å². The van der Waals surface area contributed by atoms with Crippen LogP contribution in [0.4, 0.5) is 0 Å². The number of hydrogen-bond donors (Lipinski definition) is 1. The molecule has 126 heavy (non-hydrogen) atoms. The quantitative estimate of drug-likeness (QED) is 0.0393. The summed E-state index contributed by atoms with van der Waals surface area (Å²) in [6, 6.07) is 50.0. The molecule has 7 aliphatic heterocycles. The Morgan fingerprint density at radius 1 is 0.310 bits per heavy atom. The molecule has 9 aromatic rings. The lowest BCUT2D eigenvalue weighted by atomic mass is 9.86. The second kappa shape index (κ2) is 47.2. The summed E-state index contributed by atoms with van der Waals surface area (Å²) in [5.74, 6) is 5.42. The van der Waals surface area contributed by atoms with Gasteiger partial charge >= 0.3 is 0 Å². The number of benzene rings is 6. The van der Waals surface area contributed by atoms with E-state index in [-0.39, 0.29) is 17.3 Å². The van der Waals surface area contributed by atoms with Crippen LogP contribution in [-0.4, -0.2) is 190 Å². The molecule has 678 valence electrons. The number of Topliss-reactive ketones (excluding diaryl/α,β-unsaturated/α-hetero) is 3. The van der Waals surface area contributed by atoms with Crippen molar-refractivity contribution >= 4 is 84.9 Å². The normalized spacial score (nSPS) is 20.3. The Kier molecular flexibility index (Phi) is 34.5. The average molecular weight is 1770 g/mol. The predicted octanol–water partition coefficient (Wildman–Crippen LogP) is 23.5. The topological polar surface area (TPSA) is 125 Å². The molecule has 2 aliphatic carbocycles. The van der Waals surface area contributed by atoms with Gasteiger partial charge in [-0.2, -0.15) is 0 Å². The van der Waals surface area contributed by atoms with Gasteiger partial charge in [-0.25, -0.2) is 0 Å². The number of hydrogen-bond acceptors (Lipinski definition) is 13. The fourth-order valence-corrected chi connectivity index (χ4v) is 23.4. The second-order valence-electron chi connectivity index (χ2n) is 38.4. The number of ketones is 3. The number of rotatable bonds is 33. The van der Waals surface area contributed by atoms with E-state index >= 15 is 0 Å². The fourth-order valence-electron chi connectivity index (χ4n) is 23.0. The highest BCUT2D eigenvalue weighted by Crippen LogP contribution is 2.38. The third kappa shape index (κ3) is 25.0. The smallest absolute Gasteiger partial charge is 0.179 e. The van der Waals surface area contributed by atoms with Gasteiger partial charge in [0, 0.05) is 125 Å². The average Bonchev–Trinajstić information content (AvgIpc) is 1.62. The first-order valence-corrected chi connectivity index (χ1v) is 50.7. The minimum Gasteiger partial charge on any atom is -0.487 e. The van der Waals surface area contributed by atoms with Crippen molar-refractivity contribution in [1.29, 1.82) is 0 Å². The highest BCUT2D eigenvalue weighted by molar-refractivity contribution is 6.31. The minimum absolute atomic E-state index is 0.215. The highest BCUT2D eigenvalue weighted by atomic mass is 35.5. The Hall–Kier alpha value is -7.06. The first-order valence-electron chi connectivity index (χ1n) is 49.6. The molecule has 10 heterocycles. The summed E-state index contributed by atoms with van der Waals surface area (Å²) in [4.78, 5) is 57.8. The summed E-state index contributed by atoms with van der Waals surface area (Å²) in [5.41, 5.74) is 9.04. The molecule has 1 unspecified atom stereocenters. The van der Waals surface area contributed by atoms with Crippen LogP contribution in [0.5, 0.6) is 17.2 Å². The molecule has 0 amide bonds. The van der Waals surface area contributed by atoms with Gasteiger partial charge in [-0.3, -0.25) is 29.1 Å². The van der Waals surface area contributed by atoms with Gasteiger partial charge in [0.2, 0.25) is 0 Å². The Bertz CT molecular complexity index is 4380. The summed E-state index contributed by atoms with van der Waals surface area (Å²) in [5, 5.41) is 8.82. The molecule has 9 fully saturated rings. The number of ether oxygens (including phenoxy) is 3. The van der Waals surface area contributed by atoms with Crippen LogP contribution in [0.3, 0.4) is 0 Å². The van der Waals surface area contributed by atoms with Gasteiger partial charge in [-0.15, -0.1) is 0 Å². The molecule has 16 nitrogen and oxygen atoms in total. The van der Waals surface area contributed by atoms with E-state index in [1.165, 1.54) is 219 Å². The van der Waals surface area contributed by atoms with Crippen molar-refractivity contribution < 1.29 is 28.6 Å². The zero-order chi connectivity index (χ0) is 86.2. The maximum atomic E-state index is 14.2. The van der Waals surface area contributed by atoms with Crippen molar-refractivity contribution in [2.24, 2.45) is 17.8 Å². The lowest BCUT2D eigenvalue weighted by Crippen LogP contribution is -2.47. The predicted molar refractivity (Wildman–Crippen MR) is 517 cm³/mol. The van der Waals surface area contributed by atoms with Crippen molar-refractivity contribution in [3.63, 3.8) is 0 Å². The van der Waals surface area contributed by atoms with Crippen LogP contribution in [-0.2, 0) is 39.5 Å². The number of halogens is 3. The maximum absolute atomic E-state index is 14.2. The van der Waals surface area contributed by atoms with E-state index in [4.69, 9.17) is 49.0 Å². The van der Waals surface area contributed by atoms with Crippen LogP contribution >= 0.6 is 34.8 Å². The van der Waals surface area contributed by atoms with E-state index in [2.05, 4.69) is 121 Å². The summed E-state index contributed by atoms with van der Waals surface area (Å²) < 4.78 is 26.1. The zero-order valence-corrected chi connectivity index (χ0v) is 77.8. The molecule has 19 heteroatoms. The van der Waals surface area contributed by atoms with E-state index in [0.717, 1.165) is 206 Å². The molecular weight excluding hydrogens is 1630 g/mol. The number of aromatic nitrogens is 3. The van der Waals surface area contributed by atoms with E-state index in [1.54, 1.807) is 0 Å². The Morgan fingerprint density at radius 2 is 0.587 bits per heavy atom. The SMILES string of the molecule is O=C(CN1CCC(N2CCCCC2)CC1)c1c(COc2ccc(Cl)cc2)n(CCCC2CCCCC2)c2ccccc12.O=C(CN1CCC(N2CCCCC2)CC1)c1c(COc2ccc(Cl)cc2)n(CCCC2CCCCC2)c2ccccc12.O=C(CN1CCC(N2CCCCC2)CC1)c1c(COc2ccc(Cl)cc2)n(CCCC2CCCNC2)c2ccccc12. The number of nitrogens with zero attached hydrogens (tertiary/aromatic N) is 9. The number of carbonyl (C=O) groups excluding carboxylic acids is 3. The van der Waals surface area contributed by atoms with Gasteiger partial charge in [0.15, 0.2) is 17.3 Å². The molecule has 0 bridgehead atoms. The van der Waals surface area contributed by atoms with Crippen LogP contribution in [0, 0.1) is 17.8 Å². The molecule has 1 atom stereocenters. The Balaban J connectivity index is 0.000000139. The molecule has 6 aromatic carbocycles. The van der Waals surface area contributed by atoms with Crippen molar-refractivity contribution in [3.8, 4) is 17.2 Å². The van der Waals surface area contributed by atoms with E-state index in [0.29, 0.717) is 72.6 Å². The first kappa shape index (κ1) is 92.2. The summed E-state index contributed by atoms with van der Waals surface area (Å²) >= 11 is 18.4. The Morgan fingerprint density at radius 3 is 0.881 bits per heavy atom. The summed E-state index contributed by atoms with van der Waals surface area (Å²) in [7, 11) is 0. The van der Waals surface area contributed by atoms with E-state index < -0.39 is 0 Å². The van der Waals surface area contributed by atoms with Crippen LogP contribution in [0.1, 0.15) is 260 Å². The van der Waals surface area contributed by atoms with Gasteiger partial charge in [-0.1, -0.05) is 173 Å². The van der Waals surface area contributed by atoms with Crippen molar-refractivity contribution in [1.82, 2.24) is 48.4 Å². The number of likely N-dealkylation sites (tertiary alicyclic amines) is 6. The van der Waals surface area contributed by atoms with Gasteiger partial charge < -0.3 is 47.9 Å². The van der Waals surface area contributed by atoms with Gasteiger partial charge in [0.1, 0.15) is 37.1 Å². The monoisotopic (exact) mass is 1770 g/mol. The van der Waals surface area contributed by atoms with Crippen LogP contribution < -0.4 is 19.5 Å². The maximum Gasteiger partial charge on any atom is 0.179 e. The molecule has 0 spiro atoms. The second-order valence-corrected chi connectivity index (χ2v) is 39.7. The van der Waals surface area contributed by atoms with Crippen molar-refractivity contribution in [2.75, 3.05) is 111 Å². The number of fused-ring (bicyclic) bond motifs is 3. The molecule has 2 saturated carbocycles. The molecule has 0 radical (unpaired) electrons. The highest BCUT2D eigenvalue weighted by Gasteiger charge is 2.35. The van der Waals surface area contributed by atoms with Crippen LogP contribution in [0.2, 0.25) is 15.1 Å². The Labute approximate surface area is 767 Å². The van der Waals surface area contributed by atoms with E-state index in [1.807, 2.05) is 72.8 Å². The van der Waals surface area contributed by atoms with Crippen LogP contribution in [0.15, 0.2) is 146 Å². The summed E-state index contributed by atoms with van der Waals surface area (Å²) in [6.07, 6.45) is 42.6. The molecule has 18 rings (SSSR count). The third-order valence-corrected chi connectivity index (χ3v) is 30.7. The molecule has 7 saturated heterocycles. The van der Waals surface area contributed by atoms with Crippen LogP contribution in [0.25, 0.3) is 32.7 Å². The van der Waals surface area contributed by atoms with E-state index in [9.17, 15) is 14.4 Å². The number of carbonyl (C=O) groups is 3. The largest absolute Gasteiger partial charge is 0.487 e. The molecule has 3 aromatic heterocycles. The molecule has 9 aliphatic rings. The number of piperidine rings is 7. The lowest BCUT2D eigenvalue weighted by Gasteiger charge is -2.40. The van der Waals surface area contributed by atoms with Crippen molar-refractivity contribution in [3.05, 3.63) is 194 Å². The number of aryl methyl sites for hydroxylation is 3. The standard InChI is InChI=1S/2C36H48ClN3O2.C35H47ClN4O2/c2*37-29-15-17-31(18-16-29)42-27-34-36(35(41)26-38-24-19-30(20-25-38)39-21-7-2-8-22-39)32-13-5-6-14-33(32)40(34)23-9-12-28-10-3-1-4-11-28;36-28-12-14-30(15-13-28)42-26-33-35(34(41)25-38-22-16-29(17-23-38)39-19-4-1-5-20-39)31-10-2-3-11-32(31)40(33)21-7-9-27-8-6-18-37-24-27/h2*5-6,13-18,28,30H,1-4,7-12,19-27H2;2-3,10-15,27,29,37H,1,4-9,16-26H2. The lowest BCUT2D eigenvalue weighted by molar-refractivity contribution is 0.0770. The molecular formula is C107H143Cl3N10O6. The van der Waals surface area contributed by atoms with Gasteiger partial charge in [0.25, 0.3) is 0 Å². The number of nitrogens with one attached hydrogen (secondary N) is 1. The fraction of sp³-hybridized carbons (Fsp3) is 0.579. The van der Waals surface area contributed by atoms with Gasteiger partial charge in [-0.05, 0) is 290 Å². The molecule has 1 N–H and O–H groups in total. The number of para-hydroxylation sites is 3. The first-order chi connectivity index (χ1) is 62.0. The summed E-state index contributed by atoms with van der Waals surface area (Å²) in [6.45, 7) is 21.1. The minimum atomic E-state index is 0.215. The zero-order valence-electron chi connectivity index (χ0n) is 75.5.